The van der Waals surface area contributed by atoms with Gasteiger partial charge in [-0.2, -0.15) is 0 Å². The van der Waals surface area contributed by atoms with Crippen LogP contribution in [0.3, 0.4) is 0 Å². The number of para-hydroxylation sites is 1. The first-order chi connectivity index (χ1) is 8.74. The highest BCUT2D eigenvalue weighted by Crippen LogP contribution is 2.24. The van der Waals surface area contributed by atoms with E-state index >= 15 is 0 Å². The lowest BCUT2D eigenvalue weighted by Crippen LogP contribution is -1.91. The summed E-state index contributed by atoms with van der Waals surface area (Å²) in [4.78, 5) is 8.92. The lowest BCUT2D eigenvalue weighted by molar-refractivity contribution is 1.22. The van der Waals surface area contributed by atoms with Crippen LogP contribution in [0.2, 0.25) is 5.15 Å². The molecule has 0 radical (unpaired) electrons. The fourth-order valence-corrected chi connectivity index (χ4v) is 2.19. The summed E-state index contributed by atoms with van der Waals surface area (Å²) in [5.41, 5.74) is 3.04. The first-order valence-corrected chi connectivity index (χ1v) is 6.11. The number of hydrogen-bond donors (Lipinski definition) is 0. The first kappa shape index (κ1) is 11.2. The quantitative estimate of drug-likeness (QED) is 0.607. The highest BCUT2D eigenvalue weighted by molar-refractivity contribution is 6.34. The predicted octanol–water partition coefficient (Wildman–Crippen LogP) is 4.26. The number of aryl methyl sites for hydroxylation is 1. The fourth-order valence-electron chi connectivity index (χ4n) is 1.95. The largest absolute Gasteiger partial charge is 0.228 e. The monoisotopic (exact) mass is 254 g/mol. The molecule has 3 aromatic rings. The molecule has 0 saturated carbocycles. The Morgan fingerprint density at radius 1 is 0.944 bits per heavy atom. The van der Waals surface area contributed by atoms with Crippen molar-refractivity contribution in [2.75, 3.05) is 0 Å². The van der Waals surface area contributed by atoms with E-state index in [4.69, 9.17) is 11.6 Å². The van der Waals surface area contributed by atoms with Gasteiger partial charge in [-0.15, -0.1) is 0 Å². The van der Waals surface area contributed by atoms with Gasteiger partial charge in [0, 0.05) is 10.9 Å². The fraction of sp³-hybridized carbons (Fsp3) is 0.0667. The van der Waals surface area contributed by atoms with Gasteiger partial charge in [0.05, 0.1) is 5.52 Å². The minimum Gasteiger partial charge on any atom is -0.228 e. The zero-order valence-corrected chi connectivity index (χ0v) is 10.6. The zero-order chi connectivity index (χ0) is 12.5. The zero-order valence-electron chi connectivity index (χ0n) is 9.89. The van der Waals surface area contributed by atoms with Gasteiger partial charge < -0.3 is 0 Å². The Morgan fingerprint density at radius 3 is 2.61 bits per heavy atom. The van der Waals surface area contributed by atoms with Gasteiger partial charge >= 0.3 is 0 Å². The topological polar surface area (TPSA) is 25.8 Å². The number of hydrogen-bond acceptors (Lipinski definition) is 2. The lowest BCUT2D eigenvalue weighted by Gasteiger charge is -2.05. The molecular formula is C15H11ClN2. The van der Waals surface area contributed by atoms with Crippen LogP contribution in [0.15, 0.2) is 48.5 Å². The SMILES string of the molecule is Cc1cccc(-c2nc(Cl)c3ccccc3n2)c1. The van der Waals surface area contributed by atoms with Gasteiger partial charge in [0.1, 0.15) is 5.15 Å². The van der Waals surface area contributed by atoms with Crippen LogP contribution in [0, 0.1) is 6.92 Å². The Bertz CT molecular complexity index is 723. The minimum atomic E-state index is 0.497. The van der Waals surface area contributed by atoms with Crippen molar-refractivity contribution in [3.8, 4) is 11.4 Å². The van der Waals surface area contributed by atoms with Crippen LogP contribution in [-0.4, -0.2) is 9.97 Å². The van der Waals surface area contributed by atoms with Crippen LogP contribution in [-0.2, 0) is 0 Å². The molecule has 2 nitrogen and oxygen atoms in total. The van der Waals surface area contributed by atoms with Crippen LogP contribution in [0.25, 0.3) is 22.3 Å². The van der Waals surface area contributed by atoms with Crippen molar-refractivity contribution in [1.29, 1.82) is 0 Å². The second-order valence-electron chi connectivity index (χ2n) is 4.22. The summed E-state index contributed by atoms with van der Waals surface area (Å²) in [5.74, 6) is 0.669. The molecule has 2 aromatic carbocycles. The maximum atomic E-state index is 6.20. The number of halogens is 1. The highest BCUT2D eigenvalue weighted by Gasteiger charge is 2.07. The average molecular weight is 255 g/mol. The number of aromatic nitrogens is 2. The van der Waals surface area contributed by atoms with E-state index in [2.05, 4.69) is 16.0 Å². The number of nitrogens with zero attached hydrogens (tertiary/aromatic N) is 2. The van der Waals surface area contributed by atoms with E-state index in [1.807, 2.05) is 49.4 Å². The maximum absolute atomic E-state index is 6.20. The Morgan fingerprint density at radius 2 is 1.78 bits per heavy atom. The van der Waals surface area contributed by atoms with Gasteiger partial charge in [-0.3, -0.25) is 0 Å². The molecule has 1 aromatic heterocycles. The smallest absolute Gasteiger partial charge is 0.161 e. The van der Waals surface area contributed by atoms with Crippen molar-refractivity contribution in [1.82, 2.24) is 9.97 Å². The maximum Gasteiger partial charge on any atom is 0.161 e. The van der Waals surface area contributed by atoms with Crippen molar-refractivity contribution in [2.24, 2.45) is 0 Å². The molecule has 18 heavy (non-hydrogen) atoms. The second kappa shape index (κ2) is 4.39. The van der Waals surface area contributed by atoms with Crippen LogP contribution in [0.1, 0.15) is 5.56 Å². The molecule has 3 rings (SSSR count). The number of fused-ring (bicyclic) bond motifs is 1. The van der Waals surface area contributed by atoms with E-state index in [9.17, 15) is 0 Å². The molecule has 0 amide bonds. The third kappa shape index (κ3) is 1.95. The first-order valence-electron chi connectivity index (χ1n) is 5.73. The Kier molecular flexibility index (Phi) is 2.73. The van der Waals surface area contributed by atoms with Crippen molar-refractivity contribution in [3.05, 3.63) is 59.2 Å². The van der Waals surface area contributed by atoms with Crippen LogP contribution in [0.4, 0.5) is 0 Å². The van der Waals surface area contributed by atoms with Gasteiger partial charge in [0.25, 0.3) is 0 Å². The summed E-state index contributed by atoms with van der Waals surface area (Å²) in [7, 11) is 0. The molecule has 0 aliphatic rings. The van der Waals surface area contributed by atoms with E-state index < -0.39 is 0 Å². The molecule has 0 fully saturated rings. The lowest BCUT2D eigenvalue weighted by atomic mass is 10.1. The standard InChI is InChI=1S/C15H11ClN2/c1-10-5-4-6-11(9-10)15-17-13-8-3-2-7-12(13)14(16)18-15/h2-9H,1H3. The molecular weight excluding hydrogens is 244 g/mol. The van der Waals surface area contributed by atoms with Gasteiger partial charge in [-0.25, -0.2) is 9.97 Å². The number of rotatable bonds is 1. The number of benzene rings is 2. The Hall–Kier alpha value is -1.93. The van der Waals surface area contributed by atoms with Crippen LogP contribution < -0.4 is 0 Å². The van der Waals surface area contributed by atoms with E-state index in [-0.39, 0.29) is 0 Å². The molecule has 0 aliphatic carbocycles. The third-order valence-electron chi connectivity index (χ3n) is 2.83. The molecule has 0 bridgehead atoms. The van der Waals surface area contributed by atoms with E-state index in [1.165, 1.54) is 5.56 Å². The van der Waals surface area contributed by atoms with Crippen LogP contribution >= 0.6 is 11.6 Å². The molecule has 0 aliphatic heterocycles. The predicted molar refractivity (Wildman–Crippen MR) is 74.7 cm³/mol. The molecule has 88 valence electrons. The van der Waals surface area contributed by atoms with Crippen molar-refractivity contribution in [3.63, 3.8) is 0 Å². The molecule has 0 spiro atoms. The Labute approximate surface area is 110 Å². The molecule has 0 N–H and O–H groups in total. The summed E-state index contributed by atoms with van der Waals surface area (Å²) in [6, 6.07) is 15.9. The summed E-state index contributed by atoms with van der Waals surface area (Å²) < 4.78 is 0. The molecule has 3 heteroatoms. The second-order valence-corrected chi connectivity index (χ2v) is 4.58. The summed E-state index contributed by atoms with van der Waals surface area (Å²) in [6.45, 7) is 2.05. The summed E-state index contributed by atoms with van der Waals surface area (Å²) in [6.07, 6.45) is 0. The molecule has 1 heterocycles. The minimum absolute atomic E-state index is 0.497. The van der Waals surface area contributed by atoms with E-state index in [0.717, 1.165) is 16.5 Å². The molecule has 0 unspecified atom stereocenters. The summed E-state index contributed by atoms with van der Waals surface area (Å²) >= 11 is 6.20. The van der Waals surface area contributed by atoms with Gasteiger partial charge in [0.2, 0.25) is 0 Å². The van der Waals surface area contributed by atoms with E-state index in [0.29, 0.717) is 11.0 Å². The molecule has 0 saturated heterocycles. The van der Waals surface area contributed by atoms with E-state index in [1.54, 1.807) is 0 Å². The molecule has 0 atom stereocenters. The van der Waals surface area contributed by atoms with Crippen molar-refractivity contribution in [2.45, 2.75) is 6.92 Å². The summed E-state index contributed by atoms with van der Waals surface area (Å²) in [5, 5.41) is 1.38. The van der Waals surface area contributed by atoms with Crippen LogP contribution in [0.5, 0.6) is 0 Å². The Balaban J connectivity index is 2.24. The average Bonchev–Trinajstić information content (AvgIpc) is 2.39. The van der Waals surface area contributed by atoms with Crippen molar-refractivity contribution < 1.29 is 0 Å². The highest BCUT2D eigenvalue weighted by atomic mass is 35.5. The van der Waals surface area contributed by atoms with Gasteiger partial charge in [0.15, 0.2) is 5.82 Å². The van der Waals surface area contributed by atoms with Crippen molar-refractivity contribution >= 4 is 22.5 Å². The van der Waals surface area contributed by atoms with Gasteiger partial charge in [-0.1, -0.05) is 47.5 Å². The normalized spacial score (nSPS) is 10.8. The van der Waals surface area contributed by atoms with Gasteiger partial charge in [-0.05, 0) is 25.1 Å². The third-order valence-corrected chi connectivity index (χ3v) is 3.12.